The number of carbonyl (C=O) groups excluding carboxylic acids is 1. The summed E-state index contributed by atoms with van der Waals surface area (Å²) in [5.74, 6) is -0.580. The molecule has 1 heterocycles. The number of carbonyl (C=O) groups is 1. The summed E-state index contributed by atoms with van der Waals surface area (Å²) < 4.78 is 10.3. The van der Waals surface area contributed by atoms with Crippen LogP contribution in [0.1, 0.15) is 5.56 Å². The number of methoxy groups -OCH3 is 1. The molecule has 3 aromatic rings. The SMILES string of the molecule is COC(=O)COc1ccc([N+](=O)[O-])cc1C=Nn1c(=O)[nH]c2ccccc2c1=O. The van der Waals surface area contributed by atoms with Gasteiger partial charge in [0.05, 0.1) is 29.2 Å². The highest BCUT2D eigenvalue weighted by molar-refractivity contribution is 5.85. The number of nitro benzene ring substituents is 1. The van der Waals surface area contributed by atoms with Crippen molar-refractivity contribution < 1.29 is 19.2 Å². The van der Waals surface area contributed by atoms with Crippen molar-refractivity contribution in [2.24, 2.45) is 5.10 Å². The Balaban J connectivity index is 2.05. The molecule has 11 nitrogen and oxygen atoms in total. The average molecular weight is 398 g/mol. The van der Waals surface area contributed by atoms with Crippen LogP contribution in [0.5, 0.6) is 5.75 Å². The van der Waals surface area contributed by atoms with Crippen LogP contribution in [0.15, 0.2) is 57.2 Å². The number of H-pyrrole nitrogens is 1. The summed E-state index contributed by atoms with van der Waals surface area (Å²) >= 11 is 0. The van der Waals surface area contributed by atoms with Crippen molar-refractivity contribution in [3.63, 3.8) is 0 Å². The van der Waals surface area contributed by atoms with E-state index in [1.54, 1.807) is 18.2 Å². The number of benzene rings is 2. The molecule has 1 N–H and O–H groups in total. The highest BCUT2D eigenvalue weighted by Gasteiger charge is 2.13. The first-order valence-corrected chi connectivity index (χ1v) is 8.17. The van der Waals surface area contributed by atoms with Crippen molar-refractivity contribution in [3.05, 3.63) is 79.0 Å². The van der Waals surface area contributed by atoms with Gasteiger partial charge in [-0.25, -0.2) is 9.59 Å². The zero-order valence-electron chi connectivity index (χ0n) is 15.0. The maximum absolute atomic E-state index is 12.5. The van der Waals surface area contributed by atoms with Crippen molar-refractivity contribution in [1.82, 2.24) is 9.66 Å². The minimum Gasteiger partial charge on any atom is -0.481 e. The lowest BCUT2D eigenvalue weighted by Gasteiger charge is -2.08. The second-order valence-corrected chi connectivity index (χ2v) is 5.68. The van der Waals surface area contributed by atoms with Gasteiger partial charge in [-0.05, 0) is 18.2 Å². The molecule has 0 atom stereocenters. The molecule has 2 aromatic carbocycles. The Morgan fingerprint density at radius 3 is 2.76 bits per heavy atom. The highest BCUT2D eigenvalue weighted by atomic mass is 16.6. The zero-order valence-corrected chi connectivity index (χ0v) is 15.0. The van der Waals surface area contributed by atoms with E-state index < -0.39 is 28.7 Å². The Bertz CT molecular complexity index is 1240. The predicted molar refractivity (Wildman–Crippen MR) is 102 cm³/mol. The first-order chi connectivity index (χ1) is 13.9. The summed E-state index contributed by atoms with van der Waals surface area (Å²) in [5, 5.41) is 15.1. The fourth-order valence-electron chi connectivity index (χ4n) is 2.46. The number of rotatable bonds is 6. The van der Waals surface area contributed by atoms with Gasteiger partial charge in [0.15, 0.2) is 6.61 Å². The molecule has 0 spiro atoms. The average Bonchev–Trinajstić information content (AvgIpc) is 2.72. The summed E-state index contributed by atoms with van der Waals surface area (Å²) in [6, 6.07) is 9.99. The normalized spacial score (nSPS) is 10.9. The second kappa shape index (κ2) is 8.17. The number of fused-ring (bicyclic) bond motifs is 1. The van der Waals surface area contributed by atoms with Gasteiger partial charge in [-0.3, -0.25) is 14.9 Å². The van der Waals surface area contributed by atoms with Gasteiger partial charge < -0.3 is 14.5 Å². The number of hydrogen-bond donors (Lipinski definition) is 1. The monoisotopic (exact) mass is 398 g/mol. The lowest BCUT2D eigenvalue weighted by Crippen LogP contribution is -2.32. The number of nitrogens with one attached hydrogen (secondary N) is 1. The standard InChI is InChI=1S/C18H14N4O7/c1-28-16(23)10-29-15-7-6-12(22(26)27)8-11(15)9-19-21-17(24)13-4-2-3-5-14(13)20-18(21)25/h2-9H,10H2,1H3,(H,20,25). The molecule has 0 amide bonds. The quantitative estimate of drug-likeness (QED) is 0.282. The number of aromatic amines is 1. The van der Waals surface area contributed by atoms with E-state index in [9.17, 15) is 24.5 Å². The van der Waals surface area contributed by atoms with E-state index in [2.05, 4.69) is 14.8 Å². The molecule has 3 rings (SSSR count). The number of nitrogens with zero attached hydrogens (tertiary/aromatic N) is 3. The molecule has 148 valence electrons. The molecular weight excluding hydrogens is 384 g/mol. The Morgan fingerprint density at radius 2 is 2.03 bits per heavy atom. The molecule has 0 bridgehead atoms. The van der Waals surface area contributed by atoms with E-state index in [1.165, 1.54) is 25.3 Å². The number of para-hydroxylation sites is 1. The minimum absolute atomic E-state index is 0.0787. The largest absolute Gasteiger partial charge is 0.481 e. The van der Waals surface area contributed by atoms with Gasteiger partial charge in [-0.2, -0.15) is 5.10 Å². The Labute approximate surface area is 162 Å². The van der Waals surface area contributed by atoms with Crippen LogP contribution in [0.4, 0.5) is 5.69 Å². The summed E-state index contributed by atoms with van der Waals surface area (Å²) in [6.45, 7) is -0.439. The Hall–Kier alpha value is -4.28. The van der Waals surface area contributed by atoms with Crippen molar-refractivity contribution in [2.75, 3.05) is 13.7 Å². The van der Waals surface area contributed by atoms with E-state index in [1.807, 2.05) is 0 Å². The minimum atomic E-state index is -0.785. The smallest absolute Gasteiger partial charge is 0.349 e. The van der Waals surface area contributed by atoms with Gasteiger partial charge in [0.2, 0.25) is 0 Å². The number of hydrogen-bond acceptors (Lipinski definition) is 8. The maximum atomic E-state index is 12.5. The van der Waals surface area contributed by atoms with Crippen LogP contribution in [-0.2, 0) is 9.53 Å². The first kappa shape index (κ1) is 19.5. The van der Waals surface area contributed by atoms with Crippen LogP contribution >= 0.6 is 0 Å². The van der Waals surface area contributed by atoms with E-state index >= 15 is 0 Å². The third-order valence-electron chi connectivity index (χ3n) is 3.87. The molecule has 1 aromatic heterocycles. The number of nitro groups is 1. The Morgan fingerprint density at radius 1 is 1.28 bits per heavy atom. The fraction of sp³-hybridized carbons (Fsp3) is 0.111. The van der Waals surface area contributed by atoms with Crippen LogP contribution in [0.25, 0.3) is 10.9 Å². The van der Waals surface area contributed by atoms with E-state index in [0.717, 1.165) is 12.3 Å². The maximum Gasteiger partial charge on any atom is 0.349 e. The predicted octanol–water partition coefficient (Wildman–Crippen LogP) is 1.03. The van der Waals surface area contributed by atoms with Crippen molar-refractivity contribution in [1.29, 1.82) is 0 Å². The van der Waals surface area contributed by atoms with Crippen LogP contribution in [-0.4, -0.2) is 40.5 Å². The van der Waals surface area contributed by atoms with Gasteiger partial charge >= 0.3 is 11.7 Å². The molecule has 0 saturated carbocycles. The molecule has 0 aliphatic rings. The topological polar surface area (TPSA) is 146 Å². The number of esters is 1. The molecule has 0 unspecified atom stereocenters. The second-order valence-electron chi connectivity index (χ2n) is 5.68. The lowest BCUT2D eigenvalue weighted by molar-refractivity contribution is -0.384. The molecular formula is C18H14N4O7. The summed E-state index contributed by atoms with van der Waals surface area (Å²) in [4.78, 5) is 48.9. The van der Waals surface area contributed by atoms with Gasteiger partial charge in [0.25, 0.3) is 11.2 Å². The summed E-state index contributed by atoms with van der Waals surface area (Å²) in [6.07, 6.45) is 1.06. The van der Waals surface area contributed by atoms with Crippen molar-refractivity contribution in [2.45, 2.75) is 0 Å². The number of aromatic nitrogens is 2. The number of ether oxygens (including phenoxy) is 2. The summed E-state index contributed by atoms with van der Waals surface area (Å²) in [7, 11) is 1.18. The highest BCUT2D eigenvalue weighted by Crippen LogP contribution is 2.23. The van der Waals surface area contributed by atoms with Crippen LogP contribution in [0, 0.1) is 10.1 Å². The van der Waals surface area contributed by atoms with Gasteiger partial charge in [-0.1, -0.05) is 12.1 Å². The van der Waals surface area contributed by atoms with Crippen molar-refractivity contribution >= 4 is 28.8 Å². The fourth-order valence-corrected chi connectivity index (χ4v) is 2.46. The lowest BCUT2D eigenvalue weighted by atomic mass is 10.2. The molecule has 0 fully saturated rings. The third kappa shape index (κ3) is 4.18. The molecule has 0 saturated heterocycles. The Kier molecular flexibility index (Phi) is 5.49. The summed E-state index contributed by atoms with van der Waals surface area (Å²) in [5.41, 5.74) is -1.28. The number of non-ortho nitro benzene ring substituents is 1. The molecule has 0 aliphatic heterocycles. The third-order valence-corrected chi connectivity index (χ3v) is 3.87. The van der Waals surface area contributed by atoms with E-state index in [0.29, 0.717) is 10.2 Å². The van der Waals surface area contributed by atoms with Crippen LogP contribution in [0.2, 0.25) is 0 Å². The van der Waals surface area contributed by atoms with Gasteiger partial charge in [0.1, 0.15) is 5.75 Å². The van der Waals surface area contributed by atoms with Crippen LogP contribution < -0.4 is 16.0 Å². The first-order valence-electron chi connectivity index (χ1n) is 8.17. The molecule has 0 radical (unpaired) electrons. The van der Waals surface area contributed by atoms with Crippen LogP contribution in [0.3, 0.4) is 0 Å². The van der Waals surface area contributed by atoms with E-state index in [4.69, 9.17) is 4.74 Å². The van der Waals surface area contributed by atoms with Crippen molar-refractivity contribution in [3.8, 4) is 5.75 Å². The van der Waals surface area contributed by atoms with Gasteiger partial charge in [0, 0.05) is 17.7 Å². The molecule has 0 aliphatic carbocycles. The van der Waals surface area contributed by atoms with Gasteiger partial charge in [-0.15, -0.1) is 4.68 Å². The molecule has 11 heteroatoms. The molecule has 29 heavy (non-hydrogen) atoms. The van der Waals surface area contributed by atoms with E-state index in [-0.39, 0.29) is 22.4 Å². The zero-order chi connectivity index (χ0) is 21.0.